The Labute approximate surface area is 138 Å². The highest BCUT2D eigenvalue weighted by molar-refractivity contribution is 5.97. The predicted octanol–water partition coefficient (Wildman–Crippen LogP) is 1.67. The van der Waals surface area contributed by atoms with Crippen molar-refractivity contribution in [2.24, 2.45) is 0 Å². The molecule has 8 nitrogen and oxygen atoms in total. The van der Waals surface area contributed by atoms with Crippen LogP contribution in [-0.4, -0.2) is 48.8 Å². The van der Waals surface area contributed by atoms with E-state index in [4.69, 9.17) is 4.52 Å². The molecular weight excluding hydrogens is 308 g/mol. The predicted molar refractivity (Wildman–Crippen MR) is 83.5 cm³/mol. The van der Waals surface area contributed by atoms with Gasteiger partial charge in [-0.05, 0) is 25.0 Å². The van der Waals surface area contributed by atoms with E-state index in [1.165, 1.54) is 6.39 Å². The average Bonchev–Trinajstić information content (AvgIpc) is 3.35. The Morgan fingerprint density at radius 3 is 2.83 bits per heavy atom. The van der Waals surface area contributed by atoms with Crippen molar-refractivity contribution in [3.63, 3.8) is 0 Å². The fourth-order valence-corrected chi connectivity index (χ4v) is 3.11. The third-order valence-electron chi connectivity index (χ3n) is 4.28. The van der Waals surface area contributed by atoms with Crippen LogP contribution in [0.15, 0.2) is 47.8 Å². The molecule has 1 fully saturated rings. The lowest BCUT2D eigenvalue weighted by molar-refractivity contribution is 0.0703. The van der Waals surface area contributed by atoms with Gasteiger partial charge in [-0.3, -0.25) is 9.36 Å². The average molecular weight is 324 g/mol. The van der Waals surface area contributed by atoms with Gasteiger partial charge in [0.1, 0.15) is 12.7 Å². The molecule has 0 bridgehead atoms. The minimum atomic E-state index is -0.00695. The first-order valence-corrected chi connectivity index (χ1v) is 7.82. The maximum absolute atomic E-state index is 13.0. The normalized spacial score (nSPS) is 17.8. The van der Waals surface area contributed by atoms with Gasteiger partial charge in [0.2, 0.25) is 6.39 Å². The molecule has 24 heavy (non-hydrogen) atoms. The first-order valence-electron chi connectivity index (χ1n) is 7.82. The topological polar surface area (TPSA) is 89.9 Å². The van der Waals surface area contributed by atoms with Crippen LogP contribution in [0.5, 0.6) is 0 Å². The van der Waals surface area contributed by atoms with Crippen molar-refractivity contribution in [1.82, 2.24) is 29.8 Å². The van der Waals surface area contributed by atoms with Gasteiger partial charge in [-0.1, -0.05) is 17.3 Å². The Kier molecular flexibility index (Phi) is 3.78. The molecule has 1 unspecified atom stereocenters. The van der Waals surface area contributed by atoms with Gasteiger partial charge < -0.3 is 9.42 Å². The third-order valence-corrected chi connectivity index (χ3v) is 4.28. The van der Waals surface area contributed by atoms with Gasteiger partial charge in [0.25, 0.3) is 5.91 Å². The number of nitrogens with zero attached hydrogens (tertiary/aromatic N) is 6. The molecule has 1 amide bonds. The van der Waals surface area contributed by atoms with Crippen molar-refractivity contribution in [2.75, 3.05) is 13.1 Å². The van der Waals surface area contributed by atoms with Gasteiger partial charge in [0.05, 0.1) is 11.3 Å². The molecule has 2 aromatic heterocycles. The lowest BCUT2D eigenvalue weighted by Crippen LogP contribution is -2.39. The number of likely N-dealkylation sites (tertiary alicyclic amines) is 1. The summed E-state index contributed by atoms with van der Waals surface area (Å²) in [7, 11) is 0. The quantitative estimate of drug-likeness (QED) is 0.728. The van der Waals surface area contributed by atoms with E-state index in [2.05, 4.69) is 20.3 Å². The number of hydrogen-bond donors (Lipinski definition) is 0. The van der Waals surface area contributed by atoms with E-state index in [0.717, 1.165) is 25.1 Å². The smallest absolute Gasteiger partial charge is 0.256 e. The van der Waals surface area contributed by atoms with Crippen molar-refractivity contribution in [3.8, 4) is 5.69 Å². The second kappa shape index (κ2) is 6.23. The van der Waals surface area contributed by atoms with Crippen LogP contribution < -0.4 is 0 Å². The molecule has 8 heteroatoms. The number of carbonyl (C=O) groups is 1. The summed E-state index contributed by atoms with van der Waals surface area (Å²) >= 11 is 0. The lowest BCUT2D eigenvalue weighted by Gasteiger charge is -2.31. The monoisotopic (exact) mass is 324 g/mol. The van der Waals surface area contributed by atoms with Gasteiger partial charge >= 0.3 is 0 Å². The Morgan fingerprint density at radius 2 is 2.04 bits per heavy atom. The van der Waals surface area contributed by atoms with E-state index < -0.39 is 0 Å². The zero-order chi connectivity index (χ0) is 16.4. The minimum Gasteiger partial charge on any atom is -0.343 e. The molecule has 4 rings (SSSR count). The van der Waals surface area contributed by atoms with Crippen LogP contribution >= 0.6 is 0 Å². The molecule has 1 aliphatic heterocycles. The van der Waals surface area contributed by atoms with Crippen molar-refractivity contribution < 1.29 is 9.32 Å². The van der Waals surface area contributed by atoms with E-state index >= 15 is 0 Å². The van der Waals surface area contributed by atoms with Gasteiger partial charge in [-0.15, -0.1) is 10.2 Å². The maximum Gasteiger partial charge on any atom is 0.256 e. The SMILES string of the molecule is O=C(c1ccccc1-n1cnnc1)N1CCCC(c2ncon2)C1. The lowest BCUT2D eigenvalue weighted by atomic mass is 9.96. The number of amides is 1. The number of benzene rings is 1. The van der Waals surface area contributed by atoms with Crippen LogP contribution in [0.4, 0.5) is 0 Å². The number of para-hydroxylation sites is 1. The second-order valence-electron chi connectivity index (χ2n) is 5.77. The Hall–Kier alpha value is -3.03. The molecule has 0 radical (unpaired) electrons. The fraction of sp³-hybridized carbons (Fsp3) is 0.312. The number of hydrogen-bond acceptors (Lipinski definition) is 6. The van der Waals surface area contributed by atoms with E-state index in [1.807, 2.05) is 29.2 Å². The molecule has 0 aliphatic carbocycles. The molecule has 3 aromatic rings. The summed E-state index contributed by atoms with van der Waals surface area (Å²) in [5.41, 5.74) is 1.40. The number of piperidine rings is 1. The number of rotatable bonds is 3. The van der Waals surface area contributed by atoms with Crippen molar-refractivity contribution in [3.05, 3.63) is 54.7 Å². The van der Waals surface area contributed by atoms with Crippen LogP contribution in [0, 0.1) is 0 Å². The first-order chi connectivity index (χ1) is 11.8. The van der Waals surface area contributed by atoms with E-state index in [-0.39, 0.29) is 11.8 Å². The summed E-state index contributed by atoms with van der Waals surface area (Å²) in [5.74, 6) is 0.774. The van der Waals surface area contributed by atoms with Crippen LogP contribution in [0.25, 0.3) is 5.69 Å². The summed E-state index contributed by atoms with van der Waals surface area (Å²) in [6, 6.07) is 7.47. The van der Waals surface area contributed by atoms with E-state index in [0.29, 0.717) is 17.9 Å². The largest absolute Gasteiger partial charge is 0.343 e. The molecule has 1 aliphatic rings. The van der Waals surface area contributed by atoms with E-state index in [9.17, 15) is 4.79 Å². The van der Waals surface area contributed by atoms with Gasteiger partial charge in [0, 0.05) is 19.0 Å². The maximum atomic E-state index is 13.0. The highest BCUT2D eigenvalue weighted by atomic mass is 16.5. The highest BCUT2D eigenvalue weighted by Gasteiger charge is 2.28. The summed E-state index contributed by atoms with van der Waals surface area (Å²) in [6.07, 6.45) is 6.38. The summed E-state index contributed by atoms with van der Waals surface area (Å²) < 4.78 is 6.58. The van der Waals surface area contributed by atoms with Crippen LogP contribution in [0.2, 0.25) is 0 Å². The molecule has 1 aromatic carbocycles. The molecule has 1 saturated heterocycles. The van der Waals surface area contributed by atoms with Crippen LogP contribution in [0.1, 0.15) is 34.9 Å². The van der Waals surface area contributed by atoms with Gasteiger partial charge in [-0.2, -0.15) is 4.98 Å². The third kappa shape index (κ3) is 2.66. The Balaban J connectivity index is 1.60. The van der Waals surface area contributed by atoms with Gasteiger partial charge in [-0.25, -0.2) is 0 Å². The molecule has 122 valence electrons. The fourth-order valence-electron chi connectivity index (χ4n) is 3.11. The van der Waals surface area contributed by atoms with Crippen LogP contribution in [-0.2, 0) is 0 Å². The van der Waals surface area contributed by atoms with Gasteiger partial charge in [0.15, 0.2) is 5.82 Å². The molecular formula is C16H16N6O2. The highest BCUT2D eigenvalue weighted by Crippen LogP contribution is 2.26. The van der Waals surface area contributed by atoms with Crippen LogP contribution in [0.3, 0.4) is 0 Å². The summed E-state index contributed by atoms with van der Waals surface area (Å²) in [5, 5.41) is 11.6. The summed E-state index contributed by atoms with van der Waals surface area (Å²) in [4.78, 5) is 19.0. The molecule has 0 spiro atoms. The first kappa shape index (κ1) is 14.6. The second-order valence-corrected chi connectivity index (χ2v) is 5.77. The van der Waals surface area contributed by atoms with Crippen molar-refractivity contribution in [2.45, 2.75) is 18.8 Å². The van der Waals surface area contributed by atoms with E-state index in [1.54, 1.807) is 17.2 Å². The molecule has 1 atom stereocenters. The Bertz CT molecular complexity index is 815. The zero-order valence-corrected chi connectivity index (χ0v) is 12.9. The van der Waals surface area contributed by atoms with Crippen molar-refractivity contribution >= 4 is 5.91 Å². The standard InChI is InChI=1S/C16H16N6O2/c23-16(13-5-1-2-6-14(13)22-9-18-19-10-22)21-7-3-4-12(8-21)15-17-11-24-20-15/h1-2,5-6,9-12H,3-4,7-8H2. The molecule has 3 heterocycles. The summed E-state index contributed by atoms with van der Waals surface area (Å²) in [6.45, 7) is 1.32. The number of carbonyl (C=O) groups excluding carboxylic acids is 1. The molecule has 0 N–H and O–H groups in total. The minimum absolute atomic E-state index is 0.00695. The molecule has 0 saturated carbocycles. The zero-order valence-electron chi connectivity index (χ0n) is 12.9. The number of aromatic nitrogens is 5. The van der Waals surface area contributed by atoms with Crippen molar-refractivity contribution in [1.29, 1.82) is 0 Å². The Morgan fingerprint density at radius 1 is 1.21 bits per heavy atom.